The van der Waals surface area contributed by atoms with E-state index in [0.717, 1.165) is 50.0 Å². The van der Waals surface area contributed by atoms with Crippen molar-refractivity contribution >= 4 is 21.6 Å². The van der Waals surface area contributed by atoms with Crippen LogP contribution in [0, 0.1) is 11.8 Å². The Bertz CT molecular complexity index is 1080. The lowest BCUT2D eigenvalue weighted by molar-refractivity contribution is 0.0914. The number of hydrogen-bond donors (Lipinski definition) is 1. The number of benzene rings is 1. The Balaban J connectivity index is 1.61. The topological polar surface area (TPSA) is 92.3 Å². The van der Waals surface area contributed by atoms with Crippen molar-refractivity contribution in [1.29, 1.82) is 0 Å². The molecule has 164 valence electrons. The van der Waals surface area contributed by atoms with Crippen molar-refractivity contribution in [2.45, 2.75) is 32.2 Å². The summed E-state index contributed by atoms with van der Waals surface area (Å²) >= 11 is 0. The highest BCUT2D eigenvalue weighted by molar-refractivity contribution is 7.93. The van der Waals surface area contributed by atoms with Crippen LogP contribution in [-0.4, -0.2) is 49.7 Å². The smallest absolute Gasteiger partial charge is 0.271 e. The van der Waals surface area contributed by atoms with Crippen molar-refractivity contribution in [3.63, 3.8) is 0 Å². The third kappa shape index (κ3) is 5.12. The molecular weight excluding hydrogens is 412 g/mol. The van der Waals surface area contributed by atoms with Gasteiger partial charge < -0.3 is 10.2 Å². The first-order chi connectivity index (χ1) is 14.8. The Hall–Kier alpha value is -2.74. The first-order valence-electron chi connectivity index (χ1n) is 10.7. The molecule has 1 saturated carbocycles. The number of carbonyl (C=O) groups is 1. The molecule has 1 aromatic carbocycles. The molecule has 0 unspecified atom stereocenters. The number of nitrogens with zero attached hydrogens (tertiary/aromatic N) is 3. The van der Waals surface area contributed by atoms with E-state index in [1.54, 1.807) is 6.08 Å². The molecule has 7 nitrogen and oxygen atoms in total. The summed E-state index contributed by atoms with van der Waals surface area (Å²) in [5, 5.41) is 4.14. The van der Waals surface area contributed by atoms with Gasteiger partial charge in [0.1, 0.15) is 11.4 Å². The van der Waals surface area contributed by atoms with Gasteiger partial charge in [-0.1, -0.05) is 49.8 Å². The molecular formula is C23H28N4O3S. The summed E-state index contributed by atoms with van der Waals surface area (Å²) in [7, 11) is -3.26. The molecule has 1 amide bonds. The van der Waals surface area contributed by atoms with E-state index in [4.69, 9.17) is 0 Å². The summed E-state index contributed by atoms with van der Waals surface area (Å²) in [6.45, 7) is 4.03. The zero-order valence-electron chi connectivity index (χ0n) is 17.9. The van der Waals surface area contributed by atoms with Crippen LogP contribution in [0.3, 0.4) is 0 Å². The van der Waals surface area contributed by atoms with Gasteiger partial charge in [0.15, 0.2) is 15.7 Å². The summed E-state index contributed by atoms with van der Waals surface area (Å²) in [5.41, 5.74) is 1.83. The highest BCUT2D eigenvalue weighted by Crippen LogP contribution is 2.32. The van der Waals surface area contributed by atoms with Crippen molar-refractivity contribution < 1.29 is 13.2 Å². The molecule has 1 aliphatic carbocycles. The monoisotopic (exact) mass is 440 g/mol. The predicted molar refractivity (Wildman–Crippen MR) is 121 cm³/mol. The van der Waals surface area contributed by atoms with Gasteiger partial charge in [0.25, 0.3) is 5.91 Å². The van der Waals surface area contributed by atoms with Crippen LogP contribution in [-0.2, 0) is 9.84 Å². The quantitative estimate of drug-likeness (QED) is 0.711. The lowest BCUT2D eigenvalue weighted by Crippen LogP contribution is -2.46. The van der Waals surface area contributed by atoms with Gasteiger partial charge in [-0.3, -0.25) is 4.79 Å². The molecule has 2 fully saturated rings. The van der Waals surface area contributed by atoms with Crippen molar-refractivity contribution in [2.75, 3.05) is 24.2 Å². The van der Waals surface area contributed by atoms with Crippen LogP contribution < -0.4 is 10.2 Å². The highest BCUT2D eigenvalue weighted by Gasteiger charge is 2.30. The van der Waals surface area contributed by atoms with Gasteiger partial charge in [-0.2, -0.15) is 0 Å². The third-order valence-electron chi connectivity index (χ3n) is 5.89. The van der Waals surface area contributed by atoms with Gasteiger partial charge in [0.2, 0.25) is 0 Å². The molecule has 1 aromatic heterocycles. The second-order valence-corrected chi connectivity index (χ2v) is 10.6. The van der Waals surface area contributed by atoms with Crippen LogP contribution in [0.15, 0.2) is 48.0 Å². The number of nitrogens with one attached hydrogen (secondary N) is 1. The molecule has 8 heteroatoms. The fourth-order valence-corrected chi connectivity index (χ4v) is 4.41. The maximum Gasteiger partial charge on any atom is 0.271 e. The fourth-order valence-electron chi connectivity index (χ4n) is 3.96. The molecule has 4 rings (SSSR count). The van der Waals surface area contributed by atoms with Crippen LogP contribution in [0.4, 0.5) is 5.82 Å². The molecule has 2 aliphatic rings. The molecule has 0 bridgehead atoms. The standard InChI is InChI=1S/C23H28N4O3S/c1-16-14-27(15-16)22-21(18-7-4-3-5-8-18)25-20(13-24-22)23(28)26-19(17-9-6-10-17)11-12-31(2,29)30/h3-5,7-8,11-13,16-17,19H,6,9-10,14-15H2,1-2H3,(H,26,28)/b12-11+/t19-/m1/s1. The van der Waals surface area contributed by atoms with Crippen molar-refractivity contribution in [3.05, 3.63) is 53.7 Å². The Morgan fingerprint density at radius 2 is 1.94 bits per heavy atom. The molecule has 31 heavy (non-hydrogen) atoms. The van der Waals surface area contributed by atoms with E-state index >= 15 is 0 Å². The highest BCUT2D eigenvalue weighted by atomic mass is 32.2. The molecule has 1 aliphatic heterocycles. The van der Waals surface area contributed by atoms with Crippen LogP contribution in [0.2, 0.25) is 0 Å². The SMILES string of the molecule is CC1CN(c2ncc(C(=O)N[C@H](/C=C/S(C)(=O)=O)C3CCC3)nc2-c2ccccc2)C1. The first-order valence-corrected chi connectivity index (χ1v) is 12.6. The number of aromatic nitrogens is 2. The van der Waals surface area contributed by atoms with E-state index in [-0.39, 0.29) is 23.6 Å². The molecule has 2 heterocycles. The lowest BCUT2D eigenvalue weighted by Gasteiger charge is -2.39. The predicted octanol–water partition coefficient (Wildman–Crippen LogP) is 3.06. The van der Waals surface area contributed by atoms with Crippen LogP contribution in [0.5, 0.6) is 0 Å². The van der Waals surface area contributed by atoms with E-state index in [1.165, 1.54) is 11.6 Å². The second-order valence-electron chi connectivity index (χ2n) is 8.65. The van der Waals surface area contributed by atoms with Crippen LogP contribution in [0.25, 0.3) is 11.3 Å². The zero-order valence-corrected chi connectivity index (χ0v) is 18.7. The maximum absolute atomic E-state index is 13.0. The average Bonchev–Trinajstić information content (AvgIpc) is 2.68. The molecule has 0 spiro atoms. The molecule has 1 N–H and O–H groups in total. The second kappa shape index (κ2) is 8.78. The normalized spacial score (nSPS) is 18.5. The summed E-state index contributed by atoms with van der Waals surface area (Å²) in [4.78, 5) is 24.5. The first kappa shape index (κ1) is 21.5. The summed E-state index contributed by atoms with van der Waals surface area (Å²) in [5.74, 6) is 1.29. The minimum Gasteiger partial charge on any atom is -0.354 e. The largest absolute Gasteiger partial charge is 0.354 e. The number of anilines is 1. The van der Waals surface area contributed by atoms with Gasteiger partial charge in [0, 0.05) is 30.3 Å². The average molecular weight is 441 g/mol. The van der Waals surface area contributed by atoms with Crippen molar-refractivity contribution in [2.24, 2.45) is 11.8 Å². The Morgan fingerprint density at radius 3 is 2.52 bits per heavy atom. The number of sulfone groups is 1. The van der Waals surface area contributed by atoms with Crippen molar-refractivity contribution in [1.82, 2.24) is 15.3 Å². The van der Waals surface area contributed by atoms with Crippen molar-refractivity contribution in [3.8, 4) is 11.3 Å². The lowest BCUT2D eigenvalue weighted by atomic mass is 9.79. The maximum atomic E-state index is 13.0. The van der Waals surface area contributed by atoms with E-state index in [1.807, 2.05) is 30.3 Å². The number of hydrogen-bond acceptors (Lipinski definition) is 6. The summed E-state index contributed by atoms with van der Waals surface area (Å²) < 4.78 is 23.1. The third-order valence-corrected chi connectivity index (χ3v) is 6.54. The van der Waals surface area contributed by atoms with Gasteiger partial charge in [-0.05, 0) is 24.7 Å². The Morgan fingerprint density at radius 1 is 1.23 bits per heavy atom. The van der Waals surface area contributed by atoms with Crippen LogP contribution in [0.1, 0.15) is 36.7 Å². The molecule has 2 aromatic rings. The van der Waals surface area contributed by atoms with E-state index in [2.05, 4.69) is 27.1 Å². The van der Waals surface area contributed by atoms with Gasteiger partial charge in [-0.25, -0.2) is 18.4 Å². The van der Waals surface area contributed by atoms with Crippen LogP contribution >= 0.6 is 0 Å². The zero-order chi connectivity index (χ0) is 22.0. The number of carbonyl (C=O) groups excluding carboxylic acids is 1. The van der Waals surface area contributed by atoms with E-state index in [9.17, 15) is 13.2 Å². The molecule has 1 saturated heterocycles. The Labute approximate surface area is 183 Å². The van der Waals surface area contributed by atoms with Gasteiger partial charge in [-0.15, -0.1) is 0 Å². The minimum absolute atomic E-state index is 0.230. The number of rotatable bonds is 7. The molecule has 1 atom stereocenters. The van der Waals surface area contributed by atoms with E-state index in [0.29, 0.717) is 11.6 Å². The fraction of sp³-hybridized carbons (Fsp3) is 0.435. The van der Waals surface area contributed by atoms with Gasteiger partial charge in [0.05, 0.1) is 12.2 Å². The molecule has 0 radical (unpaired) electrons. The van der Waals surface area contributed by atoms with Gasteiger partial charge >= 0.3 is 0 Å². The minimum atomic E-state index is -3.26. The Kier molecular flexibility index (Phi) is 6.09. The van der Waals surface area contributed by atoms with E-state index < -0.39 is 9.84 Å². The summed E-state index contributed by atoms with van der Waals surface area (Å²) in [6.07, 6.45) is 7.26. The number of amides is 1. The summed E-state index contributed by atoms with van der Waals surface area (Å²) in [6, 6.07) is 9.41.